The van der Waals surface area contributed by atoms with Crippen molar-refractivity contribution in [2.45, 2.75) is 13.0 Å². The molecule has 0 radical (unpaired) electrons. The lowest BCUT2D eigenvalue weighted by atomic mass is 10.3. The predicted molar refractivity (Wildman–Crippen MR) is 62.9 cm³/mol. The van der Waals surface area contributed by atoms with E-state index in [1.165, 1.54) is 12.4 Å². The smallest absolute Gasteiger partial charge is 0.225 e. The number of rotatable bonds is 2. The predicted octanol–water partition coefficient (Wildman–Crippen LogP) is -0.0876. The number of nitrogens with zero attached hydrogens (tertiary/aromatic N) is 3. The Bertz CT molecular complexity index is 512. The second kappa shape index (κ2) is 4.40. The van der Waals surface area contributed by atoms with Crippen molar-refractivity contribution in [1.29, 1.82) is 0 Å². The highest BCUT2D eigenvalue weighted by molar-refractivity contribution is 7.91. The van der Waals surface area contributed by atoms with Crippen molar-refractivity contribution in [2.24, 2.45) is 0 Å². The fourth-order valence-corrected chi connectivity index (χ4v) is 3.39. The molecule has 0 aliphatic carbocycles. The Kier molecular flexibility index (Phi) is 3.10. The zero-order valence-electron chi connectivity index (χ0n) is 9.41. The summed E-state index contributed by atoms with van der Waals surface area (Å²) < 4.78 is 22.8. The van der Waals surface area contributed by atoms with Crippen molar-refractivity contribution < 1.29 is 13.2 Å². The molecule has 0 amide bonds. The molecule has 0 spiro atoms. The highest BCUT2D eigenvalue weighted by Crippen LogP contribution is 2.17. The van der Waals surface area contributed by atoms with Gasteiger partial charge in [-0.15, -0.1) is 0 Å². The lowest BCUT2D eigenvalue weighted by Crippen LogP contribution is -2.47. The van der Waals surface area contributed by atoms with Gasteiger partial charge in [-0.2, -0.15) is 0 Å². The van der Waals surface area contributed by atoms with Crippen molar-refractivity contribution >= 4 is 22.1 Å². The highest BCUT2D eigenvalue weighted by atomic mass is 32.2. The van der Waals surface area contributed by atoms with Crippen LogP contribution in [0.1, 0.15) is 17.3 Å². The van der Waals surface area contributed by atoms with Gasteiger partial charge in [-0.25, -0.2) is 18.4 Å². The van der Waals surface area contributed by atoms with E-state index in [0.29, 0.717) is 24.3 Å². The number of anilines is 1. The van der Waals surface area contributed by atoms with Crippen LogP contribution in [0.3, 0.4) is 0 Å². The topological polar surface area (TPSA) is 80.2 Å². The third-order valence-electron chi connectivity index (χ3n) is 2.72. The van der Waals surface area contributed by atoms with Crippen LogP contribution in [-0.4, -0.2) is 48.8 Å². The van der Waals surface area contributed by atoms with Crippen LogP contribution < -0.4 is 4.90 Å². The summed E-state index contributed by atoms with van der Waals surface area (Å²) in [5, 5.41) is 0. The second-order valence-electron chi connectivity index (χ2n) is 4.09. The first-order valence-electron chi connectivity index (χ1n) is 5.26. The van der Waals surface area contributed by atoms with Crippen molar-refractivity contribution in [1.82, 2.24) is 9.97 Å². The molecule has 1 saturated heterocycles. The Hall–Kier alpha value is -1.50. The lowest BCUT2D eigenvalue weighted by Gasteiger charge is -2.32. The van der Waals surface area contributed by atoms with Gasteiger partial charge in [-0.05, 0) is 6.92 Å². The number of aromatic nitrogens is 2. The van der Waals surface area contributed by atoms with Crippen LogP contribution in [0.5, 0.6) is 0 Å². The zero-order chi connectivity index (χ0) is 12.5. The molecule has 6 nitrogen and oxygen atoms in total. The molecule has 0 N–H and O–H groups in total. The van der Waals surface area contributed by atoms with E-state index in [2.05, 4.69) is 9.97 Å². The Morgan fingerprint density at radius 2 is 2.06 bits per heavy atom. The van der Waals surface area contributed by atoms with E-state index < -0.39 is 9.84 Å². The maximum Gasteiger partial charge on any atom is 0.225 e. The van der Waals surface area contributed by atoms with Gasteiger partial charge in [0.25, 0.3) is 0 Å². The molecule has 1 fully saturated rings. The fraction of sp³-hybridized carbons (Fsp3) is 0.500. The summed E-state index contributed by atoms with van der Waals surface area (Å²) in [7, 11) is -2.94. The molecule has 1 aliphatic heterocycles. The fourth-order valence-electron chi connectivity index (χ4n) is 1.84. The second-order valence-corrected chi connectivity index (χ2v) is 6.32. The summed E-state index contributed by atoms with van der Waals surface area (Å²) in [6.07, 6.45) is 3.55. The molecular weight excluding hydrogens is 242 g/mol. The van der Waals surface area contributed by atoms with Crippen molar-refractivity contribution in [3.63, 3.8) is 0 Å². The van der Waals surface area contributed by atoms with Crippen LogP contribution in [0.2, 0.25) is 0 Å². The highest BCUT2D eigenvalue weighted by Gasteiger charge is 2.29. The van der Waals surface area contributed by atoms with Gasteiger partial charge in [0, 0.05) is 25.0 Å². The molecule has 0 saturated carbocycles. The van der Waals surface area contributed by atoms with Crippen LogP contribution in [0.15, 0.2) is 12.4 Å². The van der Waals surface area contributed by atoms with Gasteiger partial charge in [0.1, 0.15) is 0 Å². The van der Waals surface area contributed by atoms with E-state index >= 15 is 0 Å². The molecule has 92 valence electrons. The largest absolute Gasteiger partial charge is 0.336 e. The standard InChI is InChI=1S/C10H13N3O3S/c1-8-7-17(15,16)3-2-13(8)10-11-4-9(6-14)5-12-10/h4-6,8H,2-3,7H2,1H3. The first-order chi connectivity index (χ1) is 8.02. The number of sulfone groups is 1. The molecule has 0 aromatic carbocycles. The molecule has 1 aliphatic rings. The molecule has 1 atom stereocenters. The van der Waals surface area contributed by atoms with Crippen LogP contribution in [0, 0.1) is 0 Å². The first kappa shape index (κ1) is 12.0. The summed E-state index contributed by atoms with van der Waals surface area (Å²) in [6, 6.07) is -0.143. The average molecular weight is 255 g/mol. The zero-order valence-corrected chi connectivity index (χ0v) is 10.2. The monoisotopic (exact) mass is 255 g/mol. The van der Waals surface area contributed by atoms with Gasteiger partial charge < -0.3 is 4.90 Å². The van der Waals surface area contributed by atoms with E-state index in [1.54, 1.807) is 0 Å². The molecule has 0 bridgehead atoms. The molecule has 7 heteroatoms. The SMILES string of the molecule is CC1CS(=O)(=O)CCN1c1ncc(C=O)cn1. The van der Waals surface area contributed by atoms with E-state index in [1.807, 2.05) is 11.8 Å². The van der Waals surface area contributed by atoms with E-state index in [0.717, 1.165) is 0 Å². The van der Waals surface area contributed by atoms with Crippen molar-refractivity contribution in [3.05, 3.63) is 18.0 Å². The summed E-state index contributed by atoms with van der Waals surface area (Å²) >= 11 is 0. The minimum atomic E-state index is -2.94. The van der Waals surface area contributed by atoms with Crippen LogP contribution in [0.25, 0.3) is 0 Å². The molecule has 17 heavy (non-hydrogen) atoms. The van der Waals surface area contributed by atoms with E-state index in [4.69, 9.17) is 0 Å². The normalized spacial score (nSPS) is 23.4. The summed E-state index contributed by atoms with van der Waals surface area (Å²) in [5.74, 6) is 0.708. The van der Waals surface area contributed by atoms with E-state index in [-0.39, 0.29) is 17.5 Å². The number of hydrogen-bond acceptors (Lipinski definition) is 6. The molecule has 2 rings (SSSR count). The van der Waals surface area contributed by atoms with E-state index in [9.17, 15) is 13.2 Å². The Balaban J connectivity index is 2.20. The lowest BCUT2D eigenvalue weighted by molar-refractivity contribution is 0.112. The van der Waals surface area contributed by atoms with Gasteiger partial charge >= 0.3 is 0 Å². The first-order valence-corrected chi connectivity index (χ1v) is 7.08. The van der Waals surface area contributed by atoms with Gasteiger partial charge in [0.15, 0.2) is 16.1 Å². The van der Waals surface area contributed by atoms with Gasteiger partial charge in [0.05, 0.1) is 17.1 Å². The molecule has 2 heterocycles. The average Bonchev–Trinajstić information content (AvgIpc) is 2.28. The number of hydrogen-bond donors (Lipinski definition) is 0. The third-order valence-corrected chi connectivity index (χ3v) is 4.52. The summed E-state index contributed by atoms with van der Waals surface area (Å²) in [5.41, 5.74) is 0.408. The van der Waals surface area contributed by atoms with Gasteiger partial charge in [-0.1, -0.05) is 0 Å². The third kappa shape index (κ3) is 2.60. The summed E-state index contributed by atoms with van der Waals surface area (Å²) in [4.78, 5) is 20.4. The van der Waals surface area contributed by atoms with Gasteiger partial charge in [0.2, 0.25) is 5.95 Å². The summed E-state index contributed by atoms with van der Waals surface area (Å²) in [6.45, 7) is 2.22. The van der Waals surface area contributed by atoms with Crippen LogP contribution in [-0.2, 0) is 9.84 Å². The Morgan fingerprint density at radius 1 is 1.41 bits per heavy atom. The molecular formula is C10H13N3O3S. The number of aldehydes is 1. The quantitative estimate of drug-likeness (QED) is 0.687. The molecule has 1 aromatic rings. The molecule has 1 unspecified atom stereocenters. The maximum absolute atomic E-state index is 11.4. The number of carbonyl (C=O) groups is 1. The Labute approximate surface area is 99.6 Å². The number of carbonyl (C=O) groups excluding carboxylic acids is 1. The van der Waals surface area contributed by atoms with Crippen LogP contribution in [0.4, 0.5) is 5.95 Å². The van der Waals surface area contributed by atoms with Crippen LogP contribution >= 0.6 is 0 Å². The Morgan fingerprint density at radius 3 is 2.59 bits per heavy atom. The molecule has 1 aromatic heterocycles. The van der Waals surface area contributed by atoms with Gasteiger partial charge in [-0.3, -0.25) is 4.79 Å². The minimum Gasteiger partial charge on any atom is -0.336 e. The maximum atomic E-state index is 11.4. The van der Waals surface area contributed by atoms with Crippen molar-refractivity contribution in [3.8, 4) is 0 Å². The minimum absolute atomic E-state index is 0.117. The van der Waals surface area contributed by atoms with Crippen molar-refractivity contribution in [2.75, 3.05) is 23.0 Å².